The molecule has 3 rings (SSSR count). The number of hydrogen-bond acceptors (Lipinski definition) is 4. The van der Waals surface area contributed by atoms with Crippen LogP contribution >= 0.6 is 0 Å². The fourth-order valence-corrected chi connectivity index (χ4v) is 6.20. The largest absolute Gasteiger partial charge is 0.534 e. The number of hydrogen-bond donors (Lipinski definition) is 0. The highest BCUT2D eigenvalue weighted by molar-refractivity contribution is 7.88. The molecule has 1 aromatic rings. The Labute approximate surface area is 178 Å². The van der Waals surface area contributed by atoms with Gasteiger partial charge in [-0.05, 0) is 72.5 Å². The van der Waals surface area contributed by atoms with Crippen LogP contribution in [0.3, 0.4) is 0 Å². The maximum Gasteiger partial charge on any atom is 0.534 e. The van der Waals surface area contributed by atoms with Gasteiger partial charge in [0.05, 0.1) is 6.10 Å². The Morgan fingerprint density at radius 2 is 1.67 bits per heavy atom. The van der Waals surface area contributed by atoms with E-state index in [0.29, 0.717) is 0 Å². The van der Waals surface area contributed by atoms with Crippen LogP contribution in [0.5, 0.6) is 5.75 Å². The zero-order chi connectivity index (χ0) is 22.6. The number of fused-ring (bicyclic) bond motifs is 2. The zero-order valence-corrected chi connectivity index (χ0v) is 20.0. The monoisotopic (exact) mass is 464 g/mol. The van der Waals surface area contributed by atoms with E-state index in [1.807, 2.05) is 0 Å². The van der Waals surface area contributed by atoms with Gasteiger partial charge in [0.25, 0.3) is 0 Å². The Kier molecular flexibility index (Phi) is 5.91. The molecule has 2 aliphatic rings. The van der Waals surface area contributed by atoms with Crippen LogP contribution in [0.25, 0.3) is 0 Å². The molecule has 2 aliphatic carbocycles. The average molecular weight is 465 g/mol. The predicted octanol–water partition coefficient (Wildman–Crippen LogP) is 6.58. The van der Waals surface area contributed by atoms with Crippen LogP contribution in [-0.2, 0) is 20.0 Å². The summed E-state index contributed by atoms with van der Waals surface area (Å²) in [5, 5.41) is -0.0244. The van der Waals surface area contributed by atoms with E-state index < -0.39 is 23.9 Å². The zero-order valence-electron chi connectivity index (χ0n) is 18.2. The summed E-state index contributed by atoms with van der Waals surface area (Å²) in [6.45, 7) is 10.7. The third-order valence-corrected chi connectivity index (χ3v) is 12.6. The van der Waals surface area contributed by atoms with Gasteiger partial charge in [-0.2, -0.15) is 21.6 Å². The molecule has 1 saturated carbocycles. The summed E-state index contributed by atoms with van der Waals surface area (Å²) in [5.74, 6) is -0.315. The van der Waals surface area contributed by atoms with Crippen molar-refractivity contribution in [2.75, 3.05) is 0 Å². The maximum absolute atomic E-state index is 12.8. The minimum atomic E-state index is -5.71. The predicted molar refractivity (Wildman–Crippen MR) is 112 cm³/mol. The van der Waals surface area contributed by atoms with Crippen LogP contribution in [0.4, 0.5) is 13.2 Å². The molecule has 0 aromatic heterocycles. The summed E-state index contributed by atoms with van der Waals surface area (Å²) < 4.78 is 72.5. The number of rotatable bonds is 4. The van der Waals surface area contributed by atoms with Gasteiger partial charge in [-0.1, -0.05) is 39.7 Å². The van der Waals surface area contributed by atoms with Gasteiger partial charge in [-0.15, -0.1) is 0 Å². The Morgan fingerprint density at radius 3 is 2.20 bits per heavy atom. The van der Waals surface area contributed by atoms with Crippen LogP contribution in [0.15, 0.2) is 18.2 Å². The second-order valence-corrected chi connectivity index (χ2v) is 16.4. The van der Waals surface area contributed by atoms with Crippen LogP contribution < -0.4 is 4.18 Å². The molecule has 0 radical (unpaired) electrons. The first-order valence-electron chi connectivity index (χ1n) is 10.4. The smallest absolute Gasteiger partial charge is 0.410 e. The first-order chi connectivity index (χ1) is 13.6. The van der Waals surface area contributed by atoms with Gasteiger partial charge >= 0.3 is 15.6 Å². The highest BCUT2D eigenvalue weighted by atomic mass is 32.2. The molecule has 0 bridgehead atoms. The Balaban J connectivity index is 2.02. The molecular formula is C21H31F3O4SSi. The molecule has 30 heavy (non-hydrogen) atoms. The van der Waals surface area contributed by atoms with Crippen molar-refractivity contribution in [3.8, 4) is 5.75 Å². The molecule has 9 heteroatoms. The van der Waals surface area contributed by atoms with Crippen molar-refractivity contribution in [1.29, 1.82) is 0 Å². The van der Waals surface area contributed by atoms with Gasteiger partial charge in [0.15, 0.2) is 8.32 Å². The van der Waals surface area contributed by atoms with Crippen LogP contribution in [0.2, 0.25) is 18.1 Å². The van der Waals surface area contributed by atoms with E-state index in [0.717, 1.165) is 49.7 Å². The van der Waals surface area contributed by atoms with E-state index in [4.69, 9.17) is 4.43 Å². The molecule has 4 nitrogen and oxygen atoms in total. The first-order valence-corrected chi connectivity index (χ1v) is 14.7. The van der Waals surface area contributed by atoms with Crippen LogP contribution in [-0.4, -0.2) is 22.2 Å². The molecule has 1 spiro atoms. The molecule has 1 unspecified atom stereocenters. The van der Waals surface area contributed by atoms with E-state index >= 15 is 0 Å². The van der Waals surface area contributed by atoms with Gasteiger partial charge in [0.1, 0.15) is 5.75 Å². The fourth-order valence-electron chi connectivity index (χ4n) is 4.44. The van der Waals surface area contributed by atoms with Gasteiger partial charge in [-0.25, -0.2) is 0 Å². The Bertz CT molecular complexity index is 898. The van der Waals surface area contributed by atoms with Crippen LogP contribution in [0.1, 0.15) is 76.5 Å². The van der Waals surface area contributed by atoms with E-state index in [-0.39, 0.29) is 22.3 Å². The molecule has 1 fully saturated rings. The molecule has 0 heterocycles. The number of alkyl halides is 3. The second kappa shape index (κ2) is 7.51. The lowest BCUT2D eigenvalue weighted by molar-refractivity contribution is -0.0500. The maximum atomic E-state index is 12.8. The topological polar surface area (TPSA) is 52.6 Å². The lowest BCUT2D eigenvalue weighted by Crippen LogP contribution is -2.43. The lowest BCUT2D eigenvalue weighted by Gasteiger charge is -2.45. The van der Waals surface area contributed by atoms with Gasteiger partial charge in [0, 0.05) is 0 Å². The second-order valence-electron chi connectivity index (χ2n) is 10.1. The summed E-state index contributed by atoms with van der Waals surface area (Å²) in [6.07, 6.45) is 5.78. The molecule has 0 N–H and O–H groups in total. The Morgan fingerprint density at radius 1 is 1.07 bits per heavy atom. The van der Waals surface area contributed by atoms with Crippen molar-refractivity contribution >= 4 is 18.4 Å². The summed E-state index contributed by atoms with van der Waals surface area (Å²) in [6, 6.07) is 4.55. The highest BCUT2D eigenvalue weighted by Crippen LogP contribution is 2.54. The van der Waals surface area contributed by atoms with Gasteiger partial charge < -0.3 is 8.61 Å². The lowest BCUT2D eigenvalue weighted by atomic mass is 9.68. The quantitative estimate of drug-likeness (QED) is 0.287. The molecule has 0 aliphatic heterocycles. The van der Waals surface area contributed by atoms with Crippen molar-refractivity contribution in [2.24, 2.45) is 0 Å². The van der Waals surface area contributed by atoms with Crippen molar-refractivity contribution in [2.45, 2.75) is 94.5 Å². The SMILES string of the molecule is CC(C)(C)[Si](C)(C)OC1CCC2(CCCC2)c2ccc(OS(=O)(=O)C(F)(F)F)cc21. The molecule has 170 valence electrons. The number of benzene rings is 1. The third kappa shape index (κ3) is 4.30. The minimum absolute atomic E-state index is 0.00402. The van der Waals surface area contributed by atoms with Crippen molar-refractivity contribution in [3.05, 3.63) is 29.3 Å². The Hall–Kier alpha value is -1.06. The molecule has 0 saturated heterocycles. The van der Waals surface area contributed by atoms with Gasteiger partial charge in [-0.3, -0.25) is 0 Å². The van der Waals surface area contributed by atoms with E-state index in [1.54, 1.807) is 6.07 Å². The van der Waals surface area contributed by atoms with E-state index in [9.17, 15) is 21.6 Å². The van der Waals surface area contributed by atoms with Crippen molar-refractivity contribution in [3.63, 3.8) is 0 Å². The fraction of sp³-hybridized carbons (Fsp3) is 0.714. The normalized spacial score (nSPS) is 22.2. The standard InChI is InChI=1S/C21H31F3O4SSi/c1-19(2,3)30(4,5)28-18-10-13-20(11-6-7-12-20)17-9-8-15(14-16(17)18)27-29(25,26)21(22,23)24/h8-9,14,18H,6-7,10-13H2,1-5H3. The summed E-state index contributed by atoms with van der Waals surface area (Å²) >= 11 is 0. The van der Waals surface area contributed by atoms with Crippen LogP contribution in [0, 0.1) is 0 Å². The summed E-state index contributed by atoms with van der Waals surface area (Å²) in [7, 11) is -7.86. The molecule has 1 atom stereocenters. The van der Waals surface area contributed by atoms with E-state index in [1.165, 1.54) is 12.1 Å². The summed E-state index contributed by atoms with van der Waals surface area (Å²) in [4.78, 5) is 0. The molecular weight excluding hydrogens is 433 g/mol. The van der Waals surface area contributed by atoms with Crippen molar-refractivity contribution in [1.82, 2.24) is 0 Å². The molecule has 1 aromatic carbocycles. The summed E-state index contributed by atoms with van der Waals surface area (Å²) in [5.41, 5.74) is -3.61. The number of halogens is 3. The van der Waals surface area contributed by atoms with E-state index in [2.05, 4.69) is 38.0 Å². The molecule has 0 amide bonds. The third-order valence-electron chi connectivity index (χ3n) is 7.12. The average Bonchev–Trinajstić information content (AvgIpc) is 3.04. The highest BCUT2D eigenvalue weighted by Gasteiger charge is 2.49. The van der Waals surface area contributed by atoms with Crippen molar-refractivity contribution < 1.29 is 30.2 Å². The minimum Gasteiger partial charge on any atom is -0.410 e. The van der Waals surface area contributed by atoms with Gasteiger partial charge in [0.2, 0.25) is 0 Å². The first kappa shape index (κ1) is 23.6.